The Morgan fingerprint density at radius 2 is 1.56 bits per heavy atom. The number of aryl methyl sites for hydroxylation is 1. The van der Waals surface area contributed by atoms with Gasteiger partial charge in [-0.1, -0.05) is 29.8 Å². The van der Waals surface area contributed by atoms with E-state index in [1.165, 1.54) is 12.1 Å². The third kappa shape index (κ3) is 4.30. The molecule has 0 heterocycles. The second kappa shape index (κ2) is 6.75. The smallest absolute Gasteiger partial charge is 0.352 e. The van der Waals surface area contributed by atoms with E-state index in [-0.39, 0.29) is 10.5 Å². The average Bonchev–Trinajstić information content (AvgIpc) is 2.52. The van der Waals surface area contributed by atoms with Crippen LogP contribution in [0, 0.1) is 6.92 Å². The summed E-state index contributed by atoms with van der Waals surface area (Å²) < 4.78 is 63.5. The fraction of sp³-hybridized carbons (Fsp3) is 0.188. The molecule has 0 aliphatic heterocycles. The van der Waals surface area contributed by atoms with Crippen LogP contribution in [0.2, 0.25) is 0 Å². The number of nitrogens with one attached hydrogen (secondary N) is 1. The van der Waals surface area contributed by atoms with Gasteiger partial charge in [0.1, 0.15) is 0 Å². The summed E-state index contributed by atoms with van der Waals surface area (Å²) in [6, 6.07) is 8.22. The molecule has 0 saturated heterocycles. The standard InChI is InChI=1S/C16H15F3N2O3S/c1-10-2-8-13(9-3-10)25(23,24)14(21-15(20)22)11-4-6-12(7-5-11)16(17,18)19/h2-9,14H,1H3,(H3,20,21,22). The van der Waals surface area contributed by atoms with Gasteiger partial charge in [-0.2, -0.15) is 13.2 Å². The van der Waals surface area contributed by atoms with Gasteiger partial charge in [0.05, 0.1) is 10.5 Å². The van der Waals surface area contributed by atoms with Crippen LogP contribution in [-0.2, 0) is 16.0 Å². The maximum atomic E-state index is 12.8. The van der Waals surface area contributed by atoms with Crippen molar-refractivity contribution in [3.8, 4) is 0 Å². The fourth-order valence-corrected chi connectivity index (χ4v) is 3.75. The number of amides is 2. The molecular weight excluding hydrogens is 357 g/mol. The first-order chi connectivity index (χ1) is 11.5. The third-order valence-electron chi connectivity index (χ3n) is 3.47. The van der Waals surface area contributed by atoms with E-state index in [0.717, 1.165) is 29.8 Å². The molecule has 2 aromatic carbocycles. The Balaban J connectivity index is 2.49. The lowest BCUT2D eigenvalue weighted by Crippen LogP contribution is -2.37. The van der Waals surface area contributed by atoms with Gasteiger partial charge in [-0.25, -0.2) is 13.2 Å². The highest BCUT2D eigenvalue weighted by Gasteiger charge is 2.33. The Morgan fingerprint density at radius 3 is 2.00 bits per heavy atom. The maximum absolute atomic E-state index is 12.8. The number of benzene rings is 2. The molecule has 5 nitrogen and oxygen atoms in total. The van der Waals surface area contributed by atoms with Crippen molar-refractivity contribution in [2.45, 2.75) is 23.4 Å². The van der Waals surface area contributed by atoms with Crippen molar-refractivity contribution >= 4 is 15.9 Å². The summed E-state index contributed by atoms with van der Waals surface area (Å²) in [4.78, 5) is 11.1. The van der Waals surface area contributed by atoms with Crippen molar-refractivity contribution < 1.29 is 26.4 Å². The van der Waals surface area contributed by atoms with Crippen molar-refractivity contribution in [1.29, 1.82) is 0 Å². The number of nitrogens with two attached hydrogens (primary N) is 1. The predicted octanol–water partition coefficient (Wildman–Crippen LogP) is 3.15. The van der Waals surface area contributed by atoms with Gasteiger partial charge in [-0.3, -0.25) is 0 Å². The Bertz CT molecular complexity index is 861. The van der Waals surface area contributed by atoms with Gasteiger partial charge in [0.15, 0.2) is 5.37 Å². The van der Waals surface area contributed by atoms with Crippen molar-refractivity contribution in [2.24, 2.45) is 5.73 Å². The number of halogens is 3. The Hall–Kier alpha value is -2.55. The molecule has 2 amide bonds. The predicted molar refractivity (Wildman–Crippen MR) is 85.3 cm³/mol. The minimum Gasteiger partial charge on any atom is -0.352 e. The molecule has 0 radical (unpaired) electrons. The van der Waals surface area contributed by atoms with Crippen LogP contribution < -0.4 is 11.1 Å². The van der Waals surface area contributed by atoms with Gasteiger partial charge in [-0.05, 0) is 36.8 Å². The molecule has 1 unspecified atom stereocenters. The summed E-state index contributed by atoms with van der Waals surface area (Å²) in [5, 5.41) is 0.476. The second-order valence-corrected chi connectivity index (χ2v) is 7.40. The molecule has 25 heavy (non-hydrogen) atoms. The fourth-order valence-electron chi connectivity index (χ4n) is 2.18. The molecule has 0 aliphatic carbocycles. The van der Waals surface area contributed by atoms with Crippen LogP contribution in [0.1, 0.15) is 22.1 Å². The number of urea groups is 1. The Kier molecular flexibility index (Phi) is 5.07. The van der Waals surface area contributed by atoms with E-state index in [1.54, 1.807) is 19.1 Å². The van der Waals surface area contributed by atoms with Gasteiger partial charge >= 0.3 is 12.2 Å². The van der Waals surface area contributed by atoms with Gasteiger partial charge in [0.25, 0.3) is 0 Å². The lowest BCUT2D eigenvalue weighted by molar-refractivity contribution is -0.137. The SMILES string of the molecule is Cc1ccc(S(=O)(=O)C(NC(N)=O)c2ccc(C(F)(F)F)cc2)cc1. The summed E-state index contributed by atoms with van der Waals surface area (Å²) in [5.41, 5.74) is 4.90. The largest absolute Gasteiger partial charge is 0.416 e. The van der Waals surface area contributed by atoms with Gasteiger partial charge in [0, 0.05) is 0 Å². The summed E-state index contributed by atoms with van der Waals surface area (Å²) in [6.07, 6.45) is -4.55. The first kappa shape index (κ1) is 18.8. The van der Waals surface area contributed by atoms with E-state index in [2.05, 4.69) is 5.32 Å². The molecule has 0 saturated carbocycles. The topological polar surface area (TPSA) is 89.3 Å². The van der Waals surface area contributed by atoms with Gasteiger partial charge in [0.2, 0.25) is 9.84 Å². The molecular formula is C16H15F3N2O3S. The first-order valence-corrected chi connectivity index (χ1v) is 8.60. The van der Waals surface area contributed by atoms with E-state index < -0.39 is 33.0 Å². The number of sulfone groups is 1. The number of hydrogen-bond donors (Lipinski definition) is 2. The van der Waals surface area contributed by atoms with Crippen LogP contribution in [0.4, 0.5) is 18.0 Å². The first-order valence-electron chi connectivity index (χ1n) is 7.05. The van der Waals surface area contributed by atoms with Gasteiger partial charge in [-0.15, -0.1) is 0 Å². The lowest BCUT2D eigenvalue weighted by Gasteiger charge is -2.19. The number of hydrogen-bond acceptors (Lipinski definition) is 3. The quantitative estimate of drug-likeness (QED) is 0.864. The Morgan fingerprint density at radius 1 is 1.04 bits per heavy atom. The minimum atomic E-state index is -4.55. The highest BCUT2D eigenvalue weighted by Crippen LogP contribution is 2.32. The van der Waals surface area contributed by atoms with Crippen LogP contribution in [0.25, 0.3) is 0 Å². The van der Waals surface area contributed by atoms with E-state index in [9.17, 15) is 26.4 Å². The molecule has 2 aromatic rings. The summed E-state index contributed by atoms with van der Waals surface area (Å²) in [5.74, 6) is 0. The van der Waals surface area contributed by atoms with Crippen LogP contribution in [0.5, 0.6) is 0 Å². The highest BCUT2D eigenvalue weighted by molar-refractivity contribution is 7.91. The lowest BCUT2D eigenvalue weighted by atomic mass is 10.1. The summed E-state index contributed by atoms with van der Waals surface area (Å²) in [6.45, 7) is 1.77. The van der Waals surface area contributed by atoms with Crippen LogP contribution in [0.15, 0.2) is 53.4 Å². The van der Waals surface area contributed by atoms with Crippen molar-refractivity contribution in [1.82, 2.24) is 5.32 Å². The van der Waals surface area contributed by atoms with Crippen molar-refractivity contribution in [3.63, 3.8) is 0 Å². The molecule has 0 spiro atoms. The molecule has 2 rings (SSSR count). The van der Waals surface area contributed by atoms with Crippen LogP contribution in [-0.4, -0.2) is 14.4 Å². The van der Waals surface area contributed by atoms with Crippen molar-refractivity contribution in [2.75, 3.05) is 0 Å². The number of carbonyl (C=O) groups is 1. The monoisotopic (exact) mass is 372 g/mol. The zero-order valence-corrected chi connectivity index (χ0v) is 13.9. The molecule has 3 N–H and O–H groups in total. The number of carbonyl (C=O) groups excluding carboxylic acids is 1. The molecule has 134 valence electrons. The van der Waals surface area contributed by atoms with E-state index in [0.29, 0.717) is 0 Å². The number of primary amides is 1. The molecule has 1 atom stereocenters. The van der Waals surface area contributed by atoms with Crippen molar-refractivity contribution in [3.05, 3.63) is 65.2 Å². The zero-order chi connectivity index (χ0) is 18.8. The number of alkyl halides is 3. The molecule has 0 aromatic heterocycles. The highest BCUT2D eigenvalue weighted by atomic mass is 32.2. The van der Waals surface area contributed by atoms with Gasteiger partial charge < -0.3 is 11.1 Å². The zero-order valence-electron chi connectivity index (χ0n) is 13.0. The van der Waals surface area contributed by atoms with E-state index in [1.807, 2.05) is 0 Å². The minimum absolute atomic E-state index is 0.0348. The van der Waals surface area contributed by atoms with E-state index in [4.69, 9.17) is 5.73 Å². The molecule has 9 heteroatoms. The maximum Gasteiger partial charge on any atom is 0.416 e. The molecule has 0 bridgehead atoms. The van der Waals surface area contributed by atoms with Crippen LogP contribution in [0.3, 0.4) is 0 Å². The van der Waals surface area contributed by atoms with Crippen LogP contribution >= 0.6 is 0 Å². The second-order valence-electron chi connectivity index (χ2n) is 5.37. The normalized spacial score (nSPS) is 13.3. The molecule has 0 aliphatic rings. The average molecular weight is 372 g/mol. The number of rotatable bonds is 4. The summed E-state index contributed by atoms with van der Waals surface area (Å²) in [7, 11) is -4.11. The Labute approximate surface area is 142 Å². The third-order valence-corrected chi connectivity index (χ3v) is 5.41. The van der Waals surface area contributed by atoms with E-state index >= 15 is 0 Å². The summed E-state index contributed by atoms with van der Waals surface area (Å²) >= 11 is 0. The molecule has 0 fully saturated rings.